The molecule has 0 aliphatic carbocycles. The lowest BCUT2D eigenvalue weighted by Crippen LogP contribution is -2.51. The average Bonchev–Trinajstić information content (AvgIpc) is 2.91. The van der Waals surface area contributed by atoms with Crippen molar-refractivity contribution in [2.24, 2.45) is 0 Å². The Morgan fingerprint density at radius 1 is 1.42 bits per heavy atom. The predicted molar refractivity (Wildman–Crippen MR) is 82.5 cm³/mol. The number of alkyl halides is 3. The highest BCUT2D eigenvalue weighted by Crippen LogP contribution is 2.33. The van der Waals surface area contributed by atoms with Crippen molar-refractivity contribution in [3.8, 4) is 0 Å². The molecule has 6 nitrogen and oxygen atoms in total. The number of hydrogen-bond donors (Lipinski definition) is 1. The Bertz CT molecular complexity index is 849. The summed E-state index contributed by atoms with van der Waals surface area (Å²) in [6, 6.07) is 6.78. The van der Waals surface area contributed by atoms with E-state index in [4.69, 9.17) is 12.2 Å². The smallest absolute Gasteiger partial charge is 0.363 e. The summed E-state index contributed by atoms with van der Waals surface area (Å²) in [5.41, 5.74) is -1.34. The van der Waals surface area contributed by atoms with Crippen molar-refractivity contribution in [2.45, 2.75) is 25.2 Å². The van der Waals surface area contributed by atoms with Crippen LogP contribution in [0, 0.1) is 10.1 Å². The zero-order valence-electron chi connectivity index (χ0n) is 12.3. The number of thiocarbonyl (C=S) groups is 1. The van der Waals surface area contributed by atoms with E-state index in [9.17, 15) is 23.3 Å². The third-order valence-corrected chi connectivity index (χ3v) is 4.16. The fourth-order valence-corrected chi connectivity index (χ4v) is 3.03. The molecule has 0 fully saturated rings. The normalized spacial score (nSPS) is 20.4. The van der Waals surface area contributed by atoms with Crippen LogP contribution in [0.25, 0.3) is 0 Å². The standard InChI is InChI=1S/C14H11F3N4O2S/c1-13(8-3-2-4-9(5-8)21(22)23)7-20-10(12(24)18-13)6-11(19-20)14(15,16)17/h2-6H,7H2,1H3,(H,18,24). The van der Waals surface area contributed by atoms with Gasteiger partial charge in [0, 0.05) is 12.1 Å². The Morgan fingerprint density at radius 3 is 2.75 bits per heavy atom. The summed E-state index contributed by atoms with van der Waals surface area (Å²) in [5.74, 6) is 0. The quantitative estimate of drug-likeness (QED) is 0.509. The maximum absolute atomic E-state index is 12.8. The molecule has 2 heterocycles. The van der Waals surface area contributed by atoms with Crippen molar-refractivity contribution in [3.05, 3.63) is 57.4 Å². The van der Waals surface area contributed by atoms with E-state index < -0.39 is 22.3 Å². The van der Waals surface area contributed by atoms with Gasteiger partial charge in [-0.1, -0.05) is 24.4 Å². The van der Waals surface area contributed by atoms with E-state index in [0.29, 0.717) is 5.56 Å². The predicted octanol–water partition coefficient (Wildman–Crippen LogP) is 3.00. The number of nitrogens with one attached hydrogen (secondary N) is 1. The number of halogens is 3. The zero-order chi connectivity index (χ0) is 17.7. The van der Waals surface area contributed by atoms with Crippen LogP contribution in [0.2, 0.25) is 0 Å². The number of nitro benzene ring substituents is 1. The molecule has 1 atom stereocenters. The molecular weight excluding hydrogens is 345 g/mol. The largest absolute Gasteiger partial charge is 0.435 e. The van der Waals surface area contributed by atoms with Crippen molar-refractivity contribution in [2.75, 3.05) is 0 Å². The summed E-state index contributed by atoms with van der Waals surface area (Å²) in [6.07, 6.45) is -4.57. The van der Waals surface area contributed by atoms with E-state index in [1.807, 2.05) is 0 Å². The van der Waals surface area contributed by atoms with Crippen LogP contribution in [0.15, 0.2) is 30.3 Å². The lowest BCUT2D eigenvalue weighted by atomic mass is 9.90. The number of nitro groups is 1. The van der Waals surface area contributed by atoms with Gasteiger partial charge < -0.3 is 5.32 Å². The van der Waals surface area contributed by atoms with Crippen LogP contribution in [0.1, 0.15) is 23.9 Å². The van der Waals surface area contributed by atoms with Crippen LogP contribution >= 0.6 is 12.2 Å². The van der Waals surface area contributed by atoms with Gasteiger partial charge in [-0.05, 0) is 18.6 Å². The second kappa shape index (κ2) is 5.26. The van der Waals surface area contributed by atoms with Gasteiger partial charge in [0.1, 0.15) is 4.99 Å². The second-order valence-electron chi connectivity index (χ2n) is 5.66. The Kier molecular flexibility index (Phi) is 3.59. The first-order chi connectivity index (χ1) is 11.1. The summed E-state index contributed by atoms with van der Waals surface area (Å²) >= 11 is 5.16. The molecule has 1 aromatic heterocycles. The summed E-state index contributed by atoms with van der Waals surface area (Å²) in [4.78, 5) is 10.5. The topological polar surface area (TPSA) is 73.0 Å². The lowest BCUT2D eigenvalue weighted by molar-refractivity contribution is -0.385. The number of aromatic nitrogens is 2. The van der Waals surface area contributed by atoms with Crippen LogP contribution in [-0.2, 0) is 18.3 Å². The number of fused-ring (bicyclic) bond motifs is 1. The third kappa shape index (κ3) is 2.73. The summed E-state index contributed by atoms with van der Waals surface area (Å²) < 4.78 is 39.7. The molecule has 2 aromatic rings. The fraction of sp³-hybridized carbons (Fsp3) is 0.286. The van der Waals surface area contributed by atoms with Gasteiger partial charge in [0.25, 0.3) is 5.69 Å². The monoisotopic (exact) mass is 356 g/mol. The Hall–Kier alpha value is -2.49. The van der Waals surface area contributed by atoms with Crippen molar-refractivity contribution in [1.82, 2.24) is 15.1 Å². The van der Waals surface area contributed by atoms with Gasteiger partial charge in [0.15, 0.2) is 5.69 Å². The molecule has 1 aliphatic rings. The van der Waals surface area contributed by atoms with E-state index in [1.54, 1.807) is 13.0 Å². The average molecular weight is 356 g/mol. The van der Waals surface area contributed by atoms with E-state index in [0.717, 1.165) is 6.07 Å². The molecule has 1 aliphatic heterocycles. The number of nitrogens with zero attached hydrogens (tertiary/aromatic N) is 3. The Morgan fingerprint density at radius 2 is 2.12 bits per heavy atom. The van der Waals surface area contributed by atoms with Crippen LogP contribution in [0.5, 0.6) is 0 Å². The van der Waals surface area contributed by atoms with Crippen molar-refractivity contribution >= 4 is 22.9 Å². The Labute approximate surface area is 139 Å². The fourth-order valence-electron chi connectivity index (χ4n) is 2.64. The molecule has 1 unspecified atom stereocenters. The van der Waals surface area contributed by atoms with E-state index >= 15 is 0 Å². The number of hydrogen-bond acceptors (Lipinski definition) is 4. The molecular formula is C14H11F3N4O2S. The number of rotatable bonds is 2. The van der Waals surface area contributed by atoms with Crippen molar-refractivity contribution in [1.29, 1.82) is 0 Å². The second-order valence-corrected chi connectivity index (χ2v) is 6.07. The Balaban J connectivity index is 2.03. The van der Waals surface area contributed by atoms with E-state index in [2.05, 4.69) is 10.4 Å². The highest BCUT2D eigenvalue weighted by molar-refractivity contribution is 7.80. The molecule has 0 bridgehead atoms. The van der Waals surface area contributed by atoms with Crippen LogP contribution in [0.4, 0.5) is 18.9 Å². The van der Waals surface area contributed by atoms with Crippen LogP contribution in [0.3, 0.4) is 0 Å². The highest BCUT2D eigenvalue weighted by Gasteiger charge is 2.40. The third-order valence-electron chi connectivity index (χ3n) is 3.85. The molecule has 0 saturated carbocycles. The van der Waals surface area contributed by atoms with Gasteiger partial charge in [0.2, 0.25) is 0 Å². The SMILES string of the molecule is CC1(c2cccc([N+](=O)[O-])c2)Cn2nc(C(F)(F)F)cc2C(=S)N1. The molecule has 0 radical (unpaired) electrons. The summed E-state index contributed by atoms with van der Waals surface area (Å²) in [5, 5.41) is 17.5. The minimum absolute atomic E-state index is 0.0553. The molecule has 24 heavy (non-hydrogen) atoms. The molecule has 0 saturated heterocycles. The number of benzene rings is 1. The molecule has 10 heteroatoms. The molecule has 126 valence electrons. The molecule has 1 N–H and O–H groups in total. The van der Waals surface area contributed by atoms with E-state index in [-0.39, 0.29) is 22.9 Å². The molecule has 0 amide bonds. The number of non-ortho nitro benzene ring substituents is 1. The van der Waals surface area contributed by atoms with Gasteiger partial charge in [-0.15, -0.1) is 0 Å². The van der Waals surface area contributed by atoms with Crippen molar-refractivity contribution < 1.29 is 18.1 Å². The lowest BCUT2D eigenvalue weighted by Gasteiger charge is -2.36. The summed E-state index contributed by atoms with van der Waals surface area (Å²) in [7, 11) is 0. The minimum atomic E-state index is -4.57. The maximum atomic E-state index is 12.8. The van der Waals surface area contributed by atoms with Gasteiger partial charge in [-0.3, -0.25) is 14.8 Å². The first kappa shape index (κ1) is 16.4. The van der Waals surface area contributed by atoms with Crippen molar-refractivity contribution in [3.63, 3.8) is 0 Å². The maximum Gasteiger partial charge on any atom is 0.435 e. The minimum Gasteiger partial charge on any atom is -0.363 e. The van der Waals surface area contributed by atoms with E-state index in [1.165, 1.54) is 22.9 Å². The van der Waals surface area contributed by atoms with Gasteiger partial charge >= 0.3 is 6.18 Å². The molecule has 0 spiro atoms. The molecule has 1 aromatic carbocycles. The van der Waals surface area contributed by atoms with Crippen LogP contribution in [-0.4, -0.2) is 19.7 Å². The van der Waals surface area contributed by atoms with Gasteiger partial charge in [-0.2, -0.15) is 18.3 Å². The highest BCUT2D eigenvalue weighted by atomic mass is 32.1. The van der Waals surface area contributed by atoms with Gasteiger partial charge in [-0.25, -0.2) is 0 Å². The van der Waals surface area contributed by atoms with Gasteiger partial charge in [0.05, 0.1) is 22.7 Å². The summed E-state index contributed by atoms with van der Waals surface area (Å²) in [6.45, 7) is 1.76. The first-order valence-electron chi connectivity index (χ1n) is 6.83. The first-order valence-corrected chi connectivity index (χ1v) is 7.23. The zero-order valence-corrected chi connectivity index (χ0v) is 13.1. The molecule has 3 rings (SSSR count). The van der Waals surface area contributed by atoms with Crippen LogP contribution < -0.4 is 5.32 Å².